The second kappa shape index (κ2) is 12.6. The Kier molecular flexibility index (Phi) is 9.53. The predicted molar refractivity (Wildman–Crippen MR) is 131 cm³/mol. The highest BCUT2D eigenvalue weighted by molar-refractivity contribution is 5.98. The van der Waals surface area contributed by atoms with Gasteiger partial charge in [0.2, 0.25) is 5.91 Å². The summed E-state index contributed by atoms with van der Waals surface area (Å²) in [5.41, 5.74) is 1.96. The third-order valence-electron chi connectivity index (χ3n) is 6.13. The average Bonchev–Trinajstić information content (AvgIpc) is 2.85. The van der Waals surface area contributed by atoms with E-state index in [0.717, 1.165) is 12.1 Å². The third kappa shape index (κ3) is 7.20. The van der Waals surface area contributed by atoms with E-state index in [4.69, 9.17) is 14.2 Å². The number of nitrogens with one attached hydrogen (secondary N) is 1. The zero-order chi connectivity index (χ0) is 25.4. The number of fused-ring (bicyclic) bond motifs is 1. The van der Waals surface area contributed by atoms with Crippen molar-refractivity contribution in [3.63, 3.8) is 0 Å². The molecule has 1 aromatic carbocycles. The van der Waals surface area contributed by atoms with Crippen LogP contribution in [-0.2, 0) is 20.8 Å². The molecule has 0 aliphatic carbocycles. The molecule has 2 amide bonds. The van der Waals surface area contributed by atoms with Gasteiger partial charge in [-0.05, 0) is 25.0 Å². The van der Waals surface area contributed by atoms with Crippen molar-refractivity contribution in [3.8, 4) is 5.75 Å². The molecule has 10 heteroatoms. The van der Waals surface area contributed by atoms with Crippen molar-refractivity contribution in [1.82, 2.24) is 19.8 Å². The number of rotatable bonds is 6. The molecule has 3 rings (SSSR count). The van der Waals surface area contributed by atoms with Crippen LogP contribution in [0.3, 0.4) is 0 Å². The molecule has 2 heterocycles. The number of hydrogen-bond acceptors (Lipinski definition) is 8. The van der Waals surface area contributed by atoms with Gasteiger partial charge in [0.05, 0.1) is 11.7 Å². The predicted octanol–water partition coefficient (Wildman–Crippen LogP) is 2.07. The first-order chi connectivity index (χ1) is 16.8. The number of ether oxygens (including phenoxy) is 3. The Bertz CT molecular complexity index is 989. The number of carbonyl (C=O) groups is 2. The van der Waals surface area contributed by atoms with Gasteiger partial charge in [0.15, 0.2) is 0 Å². The molecule has 0 saturated heterocycles. The normalized spacial score (nSPS) is 21.9. The van der Waals surface area contributed by atoms with Crippen LogP contribution in [-0.4, -0.2) is 91.3 Å². The fraction of sp³-hybridized carbons (Fsp3) is 0.520. The molecule has 0 bridgehead atoms. The lowest BCUT2D eigenvalue weighted by molar-refractivity contribution is -0.119. The van der Waals surface area contributed by atoms with Crippen molar-refractivity contribution in [2.24, 2.45) is 5.92 Å². The highest BCUT2D eigenvalue weighted by Gasteiger charge is 2.28. The van der Waals surface area contributed by atoms with Crippen molar-refractivity contribution in [3.05, 3.63) is 48.0 Å². The Hall–Kier alpha value is -3.08. The van der Waals surface area contributed by atoms with Crippen LogP contribution in [0.4, 0.5) is 5.69 Å². The van der Waals surface area contributed by atoms with Gasteiger partial charge >= 0.3 is 0 Å². The number of anilines is 1. The minimum Gasteiger partial charge on any atom is -0.491 e. The van der Waals surface area contributed by atoms with Crippen molar-refractivity contribution in [2.75, 3.05) is 52.9 Å². The summed E-state index contributed by atoms with van der Waals surface area (Å²) >= 11 is 0. The summed E-state index contributed by atoms with van der Waals surface area (Å²) in [4.78, 5) is 37.5. The Morgan fingerprint density at radius 2 is 1.94 bits per heavy atom. The molecule has 0 spiro atoms. The molecule has 2 aromatic rings. The van der Waals surface area contributed by atoms with Crippen LogP contribution >= 0.6 is 0 Å². The van der Waals surface area contributed by atoms with E-state index in [9.17, 15) is 9.59 Å². The van der Waals surface area contributed by atoms with E-state index in [0.29, 0.717) is 36.7 Å². The Morgan fingerprint density at radius 1 is 1.20 bits per heavy atom. The quantitative estimate of drug-likeness (QED) is 0.663. The SMILES string of the molecule is COCC(=O)Nc1ccc2c(c1)OC[C@@H](C)N(Cc1cncnc1)C[C@H](C)[C@@H](OC)CN(C)C2=O. The summed E-state index contributed by atoms with van der Waals surface area (Å²) < 4.78 is 16.9. The van der Waals surface area contributed by atoms with Crippen molar-refractivity contribution >= 4 is 17.5 Å². The van der Waals surface area contributed by atoms with Crippen LogP contribution in [0.15, 0.2) is 36.9 Å². The van der Waals surface area contributed by atoms with Crippen LogP contribution in [0.5, 0.6) is 5.75 Å². The Labute approximate surface area is 206 Å². The lowest BCUT2D eigenvalue weighted by atomic mass is 10.0. The van der Waals surface area contributed by atoms with Gasteiger partial charge in [0.25, 0.3) is 5.91 Å². The van der Waals surface area contributed by atoms with Gasteiger partial charge in [-0.2, -0.15) is 0 Å². The second-order valence-electron chi connectivity index (χ2n) is 8.97. The Morgan fingerprint density at radius 3 is 2.63 bits per heavy atom. The molecule has 1 aliphatic rings. The van der Waals surface area contributed by atoms with E-state index < -0.39 is 0 Å². The van der Waals surface area contributed by atoms with E-state index in [1.54, 1.807) is 37.3 Å². The van der Waals surface area contributed by atoms with E-state index in [2.05, 4.69) is 34.0 Å². The number of carbonyl (C=O) groups excluding carboxylic acids is 2. The molecule has 190 valence electrons. The molecule has 1 N–H and O–H groups in total. The molecule has 35 heavy (non-hydrogen) atoms. The lowest BCUT2D eigenvalue weighted by Gasteiger charge is -2.36. The largest absolute Gasteiger partial charge is 0.491 e. The molecule has 1 aliphatic heterocycles. The number of methoxy groups -OCH3 is 2. The maximum Gasteiger partial charge on any atom is 0.257 e. The van der Waals surface area contributed by atoms with Crippen molar-refractivity contribution in [1.29, 1.82) is 0 Å². The average molecular weight is 486 g/mol. The Balaban J connectivity index is 1.92. The number of aromatic nitrogens is 2. The molecule has 0 saturated carbocycles. The smallest absolute Gasteiger partial charge is 0.257 e. The standard InChI is InChI=1S/C25H35N5O5/c1-17-11-30(12-19-9-26-16-27-10-19)18(2)14-35-22-8-20(28-24(31)15-33-4)6-7-21(22)25(32)29(3)13-23(17)34-5/h6-10,16-18,23H,11-15H2,1-5H3,(H,28,31)/t17-,18+,23-/m0/s1. The first-order valence-corrected chi connectivity index (χ1v) is 11.6. The molecule has 0 unspecified atom stereocenters. The number of benzene rings is 1. The maximum absolute atomic E-state index is 13.3. The zero-order valence-corrected chi connectivity index (χ0v) is 21.1. The molecule has 0 fully saturated rings. The molecule has 10 nitrogen and oxygen atoms in total. The summed E-state index contributed by atoms with van der Waals surface area (Å²) in [7, 11) is 4.89. The van der Waals surface area contributed by atoms with E-state index in [1.807, 2.05) is 12.4 Å². The fourth-order valence-corrected chi connectivity index (χ4v) is 4.12. The topological polar surface area (TPSA) is 106 Å². The van der Waals surface area contributed by atoms with Gasteiger partial charge in [-0.3, -0.25) is 14.5 Å². The summed E-state index contributed by atoms with van der Waals surface area (Å²) in [6, 6.07) is 5.06. The van der Waals surface area contributed by atoms with Gasteiger partial charge in [-0.15, -0.1) is 0 Å². The number of hydrogen-bond donors (Lipinski definition) is 1. The highest BCUT2D eigenvalue weighted by atomic mass is 16.5. The lowest BCUT2D eigenvalue weighted by Crippen LogP contribution is -2.46. The monoisotopic (exact) mass is 485 g/mol. The van der Waals surface area contributed by atoms with Crippen LogP contribution < -0.4 is 10.1 Å². The van der Waals surface area contributed by atoms with Gasteiger partial charge in [0.1, 0.15) is 25.3 Å². The van der Waals surface area contributed by atoms with Gasteiger partial charge in [-0.25, -0.2) is 9.97 Å². The molecule has 1 aromatic heterocycles. The summed E-state index contributed by atoms with van der Waals surface area (Å²) in [5.74, 6) is 0.107. The van der Waals surface area contributed by atoms with E-state index in [1.165, 1.54) is 13.4 Å². The number of amides is 2. The fourth-order valence-electron chi connectivity index (χ4n) is 4.12. The van der Waals surface area contributed by atoms with Crippen molar-refractivity contribution < 1.29 is 23.8 Å². The van der Waals surface area contributed by atoms with Crippen LogP contribution in [0.1, 0.15) is 29.8 Å². The second-order valence-corrected chi connectivity index (χ2v) is 8.97. The number of nitrogens with zero attached hydrogens (tertiary/aromatic N) is 4. The van der Waals surface area contributed by atoms with Gasteiger partial charge < -0.3 is 24.4 Å². The molecular formula is C25H35N5O5. The molecular weight excluding hydrogens is 450 g/mol. The van der Waals surface area contributed by atoms with Crippen LogP contribution in [0, 0.1) is 5.92 Å². The zero-order valence-electron chi connectivity index (χ0n) is 21.1. The van der Waals surface area contributed by atoms with Crippen LogP contribution in [0.2, 0.25) is 0 Å². The summed E-state index contributed by atoms with van der Waals surface area (Å²) in [6.45, 7) is 6.31. The summed E-state index contributed by atoms with van der Waals surface area (Å²) in [6.07, 6.45) is 4.99. The maximum atomic E-state index is 13.3. The number of likely N-dealkylation sites (N-methyl/N-ethyl adjacent to an activating group) is 1. The minimum atomic E-state index is -0.286. The van der Waals surface area contributed by atoms with E-state index in [-0.39, 0.29) is 36.5 Å². The first-order valence-electron chi connectivity index (χ1n) is 11.6. The van der Waals surface area contributed by atoms with Crippen molar-refractivity contribution in [2.45, 2.75) is 32.5 Å². The highest BCUT2D eigenvalue weighted by Crippen LogP contribution is 2.27. The molecule has 3 atom stereocenters. The van der Waals surface area contributed by atoms with Gasteiger partial charge in [0, 0.05) is 76.7 Å². The first kappa shape index (κ1) is 26.5. The van der Waals surface area contributed by atoms with E-state index >= 15 is 0 Å². The van der Waals surface area contributed by atoms with Crippen LogP contribution in [0.25, 0.3) is 0 Å². The van der Waals surface area contributed by atoms with Gasteiger partial charge in [-0.1, -0.05) is 6.92 Å². The third-order valence-corrected chi connectivity index (χ3v) is 6.13. The molecule has 0 radical (unpaired) electrons. The minimum absolute atomic E-state index is 0.0157. The summed E-state index contributed by atoms with van der Waals surface area (Å²) in [5, 5.41) is 2.77.